The molecule has 1 heterocycles. The molecule has 114 valence electrons. The minimum absolute atomic E-state index is 0.0196. The van der Waals surface area contributed by atoms with Gasteiger partial charge in [-0.3, -0.25) is 0 Å². The van der Waals surface area contributed by atoms with Gasteiger partial charge in [-0.2, -0.15) is 9.57 Å². The van der Waals surface area contributed by atoms with E-state index in [-0.39, 0.29) is 14.9 Å². The van der Waals surface area contributed by atoms with Crippen LogP contribution in [0.15, 0.2) is 23.1 Å². The molecule has 1 aromatic carbocycles. The minimum Gasteiger partial charge on any atom is -0.332 e. The third kappa shape index (κ3) is 3.68. The molecule has 8 heteroatoms. The van der Waals surface area contributed by atoms with Crippen molar-refractivity contribution in [2.45, 2.75) is 11.3 Å². The Labute approximate surface area is 134 Å². The third-order valence-electron chi connectivity index (χ3n) is 3.54. The summed E-state index contributed by atoms with van der Waals surface area (Å²) in [5.41, 5.74) is 0. The van der Waals surface area contributed by atoms with Crippen LogP contribution in [0.1, 0.15) is 6.42 Å². The van der Waals surface area contributed by atoms with Crippen LogP contribution in [-0.4, -0.2) is 45.4 Å². The monoisotopic (exact) mass is 348 g/mol. The molecule has 0 unspecified atom stereocenters. The first-order valence-corrected chi connectivity index (χ1v) is 8.81. The molecule has 0 radical (unpaired) electrons. The molecule has 0 saturated carbocycles. The topological polar surface area (TPSA) is 65.6 Å². The summed E-state index contributed by atoms with van der Waals surface area (Å²) in [7, 11) is -3.68. The Balaban J connectivity index is 2.14. The van der Waals surface area contributed by atoms with Crippen molar-refractivity contribution in [1.29, 1.82) is 5.26 Å². The highest BCUT2D eigenvalue weighted by atomic mass is 35.5. The van der Waals surface area contributed by atoms with Crippen LogP contribution in [0.3, 0.4) is 0 Å². The summed E-state index contributed by atoms with van der Waals surface area (Å²) >= 11 is 12.0. The van der Waals surface area contributed by atoms with E-state index in [0.717, 1.165) is 6.54 Å². The van der Waals surface area contributed by atoms with Crippen molar-refractivity contribution in [3.63, 3.8) is 0 Å². The van der Waals surface area contributed by atoms with Crippen LogP contribution in [0.25, 0.3) is 0 Å². The zero-order chi connectivity index (χ0) is 15.5. The van der Waals surface area contributed by atoms with E-state index in [4.69, 9.17) is 28.5 Å². The summed E-state index contributed by atoms with van der Waals surface area (Å²) in [6.07, 6.45) is 0.485. The number of nitriles is 1. The van der Waals surface area contributed by atoms with Gasteiger partial charge in [0, 0.05) is 0 Å². The zero-order valence-corrected chi connectivity index (χ0v) is 13.7. The van der Waals surface area contributed by atoms with Crippen molar-refractivity contribution in [2.24, 2.45) is 0 Å². The van der Waals surface area contributed by atoms with E-state index in [0.29, 0.717) is 32.6 Å². The molecular formula is C13H16Cl2N3O2S+. The predicted octanol–water partition coefficient (Wildman–Crippen LogP) is 0.796. The van der Waals surface area contributed by atoms with Gasteiger partial charge in [0.15, 0.2) is 0 Å². The summed E-state index contributed by atoms with van der Waals surface area (Å²) in [5, 5.41) is 8.87. The van der Waals surface area contributed by atoms with Crippen molar-refractivity contribution in [2.75, 3.05) is 32.7 Å². The van der Waals surface area contributed by atoms with Gasteiger partial charge in [-0.05, 0) is 12.1 Å². The van der Waals surface area contributed by atoms with Gasteiger partial charge in [0.05, 0.1) is 55.3 Å². The SMILES string of the molecule is N#CCC[NH+]1CCN(S(=O)(=O)c2c(Cl)cccc2Cl)CC1. The number of rotatable bonds is 4. The molecule has 0 amide bonds. The summed E-state index contributed by atoms with van der Waals surface area (Å²) in [6.45, 7) is 2.93. The van der Waals surface area contributed by atoms with Crippen molar-refractivity contribution in [3.05, 3.63) is 28.2 Å². The normalized spacial score (nSPS) is 17.6. The van der Waals surface area contributed by atoms with Crippen LogP contribution in [-0.2, 0) is 10.0 Å². The summed E-state index contributed by atoms with van der Waals surface area (Å²) in [5.74, 6) is 0. The highest BCUT2D eigenvalue weighted by molar-refractivity contribution is 7.89. The van der Waals surface area contributed by atoms with Gasteiger partial charge in [0.1, 0.15) is 4.90 Å². The summed E-state index contributed by atoms with van der Waals surface area (Å²) in [4.78, 5) is 1.22. The number of nitrogens with zero attached hydrogens (tertiary/aromatic N) is 2. The molecule has 0 aliphatic carbocycles. The van der Waals surface area contributed by atoms with Gasteiger partial charge >= 0.3 is 0 Å². The van der Waals surface area contributed by atoms with Gasteiger partial charge in [0.2, 0.25) is 10.0 Å². The summed E-state index contributed by atoms with van der Waals surface area (Å²) in [6, 6.07) is 6.77. The zero-order valence-electron chi connectivity index (χ0n) is 11.3. The standard InChI is InChI=1S/C13H15Cl2N3O2S/c14-11-3-1-4-12(15)13(11)21(19,20)18-9-7-17(8-10-18)6-2-5-16/h1,3-4H,2,6-10H2/p+1. The van der Waals surface area contributed by atoms with Crippen LogP contribution >= 0.6 is 23.2 Å². The maximum Gasteiger partial charge on any atom is 0.246 e. The maximum atomic E-state index is 12.6. The van der Waals surface area contributed by atoms with Crippen LogP contribution in [0.2, 0.25) is 10.0 Å². The number of halogens is 2. The van der Waals surface area contributed by atoms with Crippen LogP contribution in [0, 0.1) is 11.3 Å². The number of hydrogen-bond donors (Lipinski definition) is 1. The molecule has 0 bridgehead atoms. The van der Waals surface area contributed by atoms with E-state index in [1.165, 1.54) is 21.3 Å². The molecule has 1 saturated heterocycles. The van der Waals surface area contributed by atoms with E-state index < -0.39 is 10.0 Å². The highest BCUT2D eigenvalue weighted by Gasteiger charge is 2.33. The molecule has 0 aromatic heterocycles. The fraction of sp³-hybridized carbons (Fsp3) is 0.462. The number of hydrogen-bond acceptors (Lipinski definition) is 3. The number of benzene rings is 1. The van der Waals surface area contributed by atoms with Gasteiger partial charge in [0.25, 0.3) is 0 Å². The second-order valence-electron chi connectivity index (χ2n) is 4.86. The maximum absolute atomic E-state index is 12.6. The first-order valence-electron chi connectivity index (χ1n) is 6.61. The Hall–Kier alpha value is -0.840. The average molecular weight is 349 g/mol. The molecular weight excluding hydrogens is 333 g/mol. The van der Waals surface area contributed by atoms with E-state index in [2.05, 4.69) is 6.07 Å². The van der Waals surface area contributed by atoms with E-state index in [1.54, 1.807) is 6.07 Å². The van der Waals surface area contributed by atoms with Crippen molar-refractivity contribution in [3.8, 4) is 6.07 Å². The fourth-order valence-electron chi connectivity index (χ4n) is 2.38. The first kappa shape index (κ1) is 16.5. The first-order chi connectivity index (χ1) is 9.96. The quantitative estimate of drug-likeness (QED) is 0.874. The molecule has 1 N–H and O–H groups in total. The number of sulfonamides is 1. The Bertz CT molecular complexity index is 630. The van der Waals surface area contributed by atoms with Gasteiger partial charge in [-0.15, -0.1) is 0 Å². The van der Waals surface area contributed by atoms with Gasteiger partial charge in [-0.25, -0.2) is 8.42 Å². The van der Waals surface area contributed by atoms with Gasteiger partial charge < -0.3 is 4.90 Å². The molecule has 5 nitrogen and oxygen atoms in total. The van der Waals surface area contributed by atoms with Crippen LogP contribution < -0.4 is 4.90 Å². The van der Waals surface area contributed by atoms with E-state index in [1.807, 2.05) is 0 Å². The molecule has 1 fully saturated rings. The number of piperazine rings is 1. The van der Waals surface area contributed by atoms with E-state index >= 15 is 0 Å². The minimum atomic E-state index is -3.68. The second-order valence-corrected chi connectivity index (χ2v) is 7.55. The molecule has 1 aromatic rings. The molecule has 2 rings (SSSR count). The van der Waals surface area contributed by atoms with Crippen molar-refractivity contribution < 1.29 is 13.3 Å². The van der Waals surface area contributed by atoms with Gasteiger partial charge in [-0.1, -0.05) is 29.3 Å². The molecule has 1 aliphatic heterocycles. The fourth-order valence-corrected chi connectivity index (χ4v) is 4.92. The number of quaternary nitrogens is 1. The predicted molar refractivity (Wildman–Crippen MR) is 81.0 cm³/mol. The molecule has 1 aliphatic rings. The lowest BCUT2D eigenvalue weighted by Crippen LogP contribution is -3.14. The smallest absolute Gasteiger partial charge is 0.246 e. The van der Waals surface area contributed by atoms with E-state index in [9.17, 15) is 8.42 Å². The van der Waals surface area contributed by atoms with Crippen molar-refractivity contribution >= 4 is 33.2 Å². The summed E-state index contributed by atoms with van der Waals surface area (Å²) < 4.78 is 26.7. The third-order valence-corrected chi connectivity index (χ3v) is 6.39. The molecule has 21 heavy (non-hydrogen) atoms. The molecule has 0 spiro atoms. The second kappa shape index (κ2) is 6.95. The Morgan fingerprint density at radius 3 is 2.33 bits per heavy atom. The van der Waals surface area contributed by atoms with Crippen molar-refractivity contribution in [1.82, 2.24) is 4.31 Å². The largest absolute Gasteiger partial charge is 0.332 e. The Morgan fingerprint density at radius 1 is 1.24 bits per heavy atom. The Morgan fingerprint density at radius 2 is 1.81 bits per heavy atom. The van der Waals surface area contributed by atoms with Crippen LogP contribution in [0.4, 0.5) is 0 Å². The van der Waals surface area contributed by atoms with Crippen LogP contribution in [0.5, 0.6) is 0 Å². The Kier molecular flexibility index (Phi) is 5.47. The lowest BCUT2D eigenvalue weighted by molar-refractivity contribution is -0.903. The lowest BCUT2D eigenvalue weighted by atomic mass is 10.3. The average Bonchev–Trinajstić information content (AvgIpc) is 2.45. The lowest BCUT2D eigenvalue weighted by Gasteiger charge is -2.31. The molecule has 0 atom stereocenters. The number of nitrogens with one attached hydrogen (secondary N) is 1. The highest BCUT2D eigenvalue weighted by Crippen LogP contribution is 2.31.